The van der Waals surface area contributed by atoms with E-state index in [2.05, 4.69) is 30.6 Å². The maximum Gasteiger partial charge on any atom is 0.265 e. The minimum absolute atomic E-state index is 0.170. The number of imidazole rings is 1. The molecular weight excluding hydrogens is 494 g/mol. The van der Waals surface area contributed by atoms with E-state index in [0.29, 0.717) is 52.8 Å². The maximum atomic E-state index is 14.0. The standard InChI is InChI=1S/C26H26F2N8O2/c1-15-5-7-23(34-33-15)31-20-11-19-21(12-22(20)38-4)35(14-29-19)24-8-6-17(26(27)28)25(32-24)18-13-30-36(16(18)2)9-10-37-3/h5-8,11-14,26H,9-10H2,1-4H3,(H,31,34). The minimum Gasteiger partial charge on any atom is -0.494 e. The first-order chi connectivity index (χ1) is 18.4. The topological polar surface area (TPSA) is 105 Å². The summed E-state index contributed by atoms with van der Waals surface area (Å²) in [4.78, 5) is 9.16. The fraction of sp³-hybridized carbons (Fsp3) is 0.269. The highest BCUT2D eigenvalue weighted by atomic mass is 19.3. The second-order valence-corrected chi connectivity index (χ2v) is 8.61. The molecule has 0 unspecified atom stereocenters. The van der Waals surface area contributed by atoms with Crippen LogP contribution in [-0.4, -0.2) is 55.3 Å². The van der Waals surface area contributed by atoms with Crippen molar-refractivity contribution >= 4 is 22.5 Å². The summed E-state index contributed by atoms with van der Waals surface area (Å²) in [5.74, 6) is 1.53. The van der Waals surface area contributed by atoms with Crippen molar-refractivity contribution in [2.45, 2.75) is 26.8 Å². The molecule has 4 heterocycles. The quantitative estimate of drug-likeness (QED) is 0.289. The number of aryl methyl sites for hydroxylation is 1. The number of hydrogen-bond donors (Lipinski definition) is 1. The number of rotatable bonds is 9. The Hall–Kier alpha value is -4.45. The number of anilines is 2. The van der Waals surface area contributed by atoms with E-state index in [1.165, 1.54) is 6.07 Å². The second-order valence-electron chi connectivity index (χ2n) is 8.61. The third kappa shape index (κ3) is 4.77. The maximum absolute atomic E-state index is 14.0. The first-order valence-electron chi connectivity index (χ1n) is 11.8. The van der Waals surface area contributed by atoms with Crippen molar-refractivity contribution in [3.8, 4) is 22.8 Å². The fourth-order valence-electron chi connectivity index (χ4n) is 4.16. The smallest absolute Gasteiger partial charge is 0.265 e. The first-order valence-corrected chi connectivity index (χ1v) is 11.8. The van der Waals surface area contributed by atoms with E-state index in [1.54, 1.807) is 42.1 Å². The molecular formula is C26H26F2N8O2. The van der Waals surface area contributed by atoms with Crippen molar-refractivity contribution in [3.05, 3.63) is 65.9 Å². The number of benzene rings is 1. The number of alkyl halides is 2. The van der Waals surface area contributed by atoms with Crippen LogP contribution in [0.25, 0.3) is 28.1 Å². The zero-order chi connectivity index (χ0) is 26.8. The van der Waals surface area contributed by atoms with Crippen LogP contribution in [0.1, 0.15) is 23.4 Å². The summed E-state index contributed by atoms with van der Waals surface area (Å²) in [6.45, 7) is 4.64. The molecule has 4 aromatic heterocycles. The summed E-state index contributed by atoms with van der Waals surface area (Å²) >= 11 is 0. The fourth-order valence-corrected chi connectivity index (χ4v) is 4.16. The van der Waals surface area contributed by atoms with Crippen molar-refractivity contribution in [1.29, 1.82) is 0 Å². The van der Waals surface area contributed by atoms with Crippen LogP contribution in [0.15, 0.2) is 48.9 Å². The Balaban J connectivity index is 1.57. The van der Waals surface area contributed by atoms with E-state index in [9.17, 15) is 8.78 Å². The average Bonchev–Trinajstić information content (AvgIpc) is 3.50. The van der Waals surface area contributed by atoms with E-state index >= 15 is 0 Å². The van der Waals surface area contributed by atoms with Gasteiger partial charge in [0.25, 0.3) is 6.43 Å². The monoisotopic (exact) mass is 520 g/mol. The van der Waals surface area contributed by atoms with Crippen LogP contribution in [0.2, 0.25) is 0 Å². The molecule has 0 saturated carbocycles. The van der Waals surface area contributed by atoms with E-state index in [1.807, 2.05) is 38.1 Å². The van der Waals surface area contributed by atoms with Crippen molar-refractivity contribution in [2.24, 2.45) is 0 Å². The van der Waals surface area contributed by atoms with Gasteiger partial charge in [0.1, 0.15) is 17.9 Å². The SMILES string of the molecule is COCCn1ncc(-c2nc(-n3cnc4cc(Nc5ccc(C)nn5)c(OC)cc43)ccc2C(F)F)c1C. The van der Waals surface area contributed by atoms with Crippen LogP contribution in [0.3, 0.4) is 0 Å². The van der Waals surface area contributed by atoms with Crippen LogP contribution in [-0.2, 0) is 11.3 Å². The number of pyridine rings is 1. The zero-order valence-corrected chi connectivity index (χ0v) is 21.3. The predicted molar refractivity (Wildman–Crippen MR) is 138 cm³/mol. The summed E-state index contributed by atoms with van der Waals surface area (Å²) in [7, 11) is 3.16. The van der Waals surface area contributed by atoms with Crippen LogP contribution >= 0.6 is 0 Å². The van der Waals surface area contributed by atoms with Crippen LogP contribution in [0, 0.1) is 13.8 Å². The lowest BCUT2D eigenvalue weighted by molar-refractivity contribution is 0.151. The van der Waals surface area contributed by atoms with Crippen molar-refractivity contribution < 1.29 is 18.3 Å². The molecule has 1 N–H and O–H groups in total. The number of methoxy groups -OCH3 is 2. The molecule has 5 rings (SSSR count). The highest BCUT2D eigenvalue weighted by molar-refractivity contribution is 5.86. The van der Waals surface area contributed by atoms with Gasteiger partial charge in [-0.1, -0.05) is 0 Å². The molecule has 5 aromatic rings. The number of aromatic nitrogens is 7. The number of fused-ring (bicyclic) bond motifs is 1. The molecule has 0 amide bonds. The molecule has 196 valence electrons. The van der Waals surface area contributed by atoms with Gasteiger partial charge in [0.2, 0.25) is 0 Å². The van der Waals surface area contributed by atoms with E-state index < -0.39 is 6.43 Å². The Morgan fingerprint density at radius 3 is 2.61 bits per heavy atom. The lowest BCUT2D eigenvalue weighted by atomic mass is 10.1. The predicted octanol–water partition coefficient (Wildman–Crippen LogP) is 5.03. The second kappa shape index (κ2) is 10.5. The average molecular weight is 521 g/mol. The summed E-state index contributed by atoms with van der Waals surface area (Å²) in [6, 6.07) is 10.2. The molecule has 0 bridgehead atoms. The highest BCUT2D eigenvalue weighted by Crippen LogP contribution is 2.35. The largest absolute Gasteiger partial charge is 0.494 e. The van der Waals surface area contributed by atoms with Gasteiger partial charge in [0.15, 0.2) is 5.82 Å². The highest BCUT2D eigenvalue weighted by Gasteiger charge is 2.21. The Kier molecular flexibility index (Phi) is 6.97. The molecule has 0 fully saturated rings. The summed E-state index contributed by atoms with van der Waals surface area (Å²) in [5.41, 5.74) is 4.06. The summed E-state index contributed by atoms with van der Waals surface area (Å²) in [6.07, 6.45) is 0.457. The van der Waals surface area contributed by atoms with Crippen molar-refractivity contribution in [2.75, 3.05) is 26.1 Å². The Morgan fingerprint density at radius 1 is 1.05 bits per heavy atom. The van der Waals surface area contributed by atoms with Gasteiger partial charge in [-0.15, -0.1) is 5.10 Å². The molecule has 0 atom stereocenters. The van der Waals surface area contributed by atoms with E-state index in [4.69, 9.17) is 9.47 Å². The Labute approximate surface area is 217 Å². The molecule has 38 heavy (non-hydrogen) atoms. The van der Waals surface area contributed by atoms with Crippen LogP contribution in [0.5, 0.6) is 5.75 Å². The first kappa shape index (κ1) is 25.2. The lowest BCUT2D eigenvalue weighted by Crippen LogP contribution is -2.08. The molecule has 1 aromatic carbocycles. The van der Waals surface area contributed by atoms with Gasteiger partial charge >= 0.3 is 0 Å². The van der Waals surface area contributed by atoms with Crippen LogP contribution in [0.4, 0.5) is 20.3 Å². The normalized spacial score (nSPS) is 11.4. The third-order valence-electron chi connectivity index (χ3n) is 6.19. The molecule has 0 spiro atoms. The Morgan fingerprint density at radius 2 is 1.89 bits per heavy atom. The molecule has 0 saturated heterocycles. The van der Waals surface area contributed by atoms with Gasteiger partial charge in [-0.3, -0.25) is 9.25 Å². The van der Waals surface area contributed by atoms with Gasteiger partial charge in [0, 0.05) is 30.0 Å². The number of nitrogens with one attached hydrogen (secondary N) is 1. The van der Waals surface area contributed by atoms with Gasteiger partial charge in [-0.05, 0) is 44.2 Å². The molecule has 0 aliphatic carbocycles. The van der Waals surface area contributed by atoms with Gasteiger partial charge in [-0.2, -0.15) is 10.2 Å². The number of nitrogens with zero attached hydrogens (tertiary/aromatic N) is 7. The number of ether oxygens (including phenoxy) is 2. The molecule has 12 heteroatoms. The van der Waals surface area contributed by atoms with Crippen molar-refractivity contribution in [1.82, 2.24) is 34.5 Å². The Bertz CT molecular complexity index is 1580. The lowest BCUT2D eigenvalue weighted by Gasteiger charge is -2.13. The molecule has 0 radical (unpaired) electrons. The van der Waals surface area contributed by atoms with Gasteiger partial charge in [-0.25, -0.2) is 18.7 Å². The van der Waals surface area contributed by atoms with E-state index in [0.717, 1.165) is 11.4 Å². The number of halogens is 2. The summed E-state index contributed by atoms with van der Waals surface area (Å²) in [5, 5.41) is 15.7. The minimum atomic E-state index is -2.70. The van der Waals surface area contributed by atoms with Gasteiger partial charge < -0.3 is 14.8 Å². The van der Waals surface area contributed by atoms with Gasteiger partial charge in [0.05, 0.1) is 54.6 Å². The summed E-state index contributed by atoms with van der Waals surface area (Å²) < 4.78 is 42.2. The molecule has 0 aliphatic heterocycles. The van der Waals surface area contributed by atoms with Crippen LogP contribution < -0.4 is 10.1 Å². The molecule has 0 aliphatic rings. The van der Waals surface area contributed by atoms with E-state index in [-0.39, 0.29) is 11.3 Å². The van der Waals surface area contributed by atoms with Crippen molar-refractivity contribution in [3.63, 3.8) is 0 Å². The third-order valence-corrected chi connectivity index (χ3v) is 6.19. The number of hydrogen-bond acceptors (Lipinski definition) is 8. The molecule has 10 nitrogen and oxygen atoms in total. The zero-order valence-electron chi connectivity index (χ0n) is 21.3.